The summed E-state index contributed by atoms with van der Waals surface area (Å²) in [7, 11) is 0. The van der Waals surface area contributed by atoms with Gasteiger partial charge in [-0.05, 0) is 25.1 Å². The molecular weight excluding hydrogens is 226 g/mol. The molecule has 2 aromatic rings. The number of rotatable bonds is 5. The van der Waals surface area contributed by atoms with E-state index in [4.69, 9.17) is 15.2 Å². The van der Waals surface area contributed by atoms with E-state index in [-0.39, 0.29) is 0 Å². The highest BCUT2D eigenvalue weighted by Gasteiger charge is 2.03. The SMILES string of the molecule is CCOc1cccc(Oc2ccccc2CN)c1. The summed E-state index contributed by atoms with van der Waals surface area (Å²) in [6.45, 7) is 3.06. The number of ether oxygens (including phenoxy) is 2. The third-order valence-electron chi connectivity index (χ3n) is 2.54. The Morgan fingerprint density at radius 1 is 1.00 bits per heavy atom. The summed E-state index contributed by atoms with van der Waals surface area (Å²) in [6.07, 6.45) is 0. The van der Waals surface area contributed by atoms with Crippen LogP contribution in [0.1, 0.15) is 12.5 Å². The summed E-state index contributed by atoms with van der Waals surface area (Å²) >= 11 is 0. The van der Waals surface area contributed by atoms with Crippen LogP contribution in [0.5, 0.6) is 17.2 Å². The van der Waals surface area contributed by atoms with Crippen LogP contribution in [0, 0.1) is 0 Å². The van der Waals surface area contributed by atoms with Crippen molar-refractivity contribution in [2.24, 2.45) is 5.73 Å². The van der Waals surface area contributed by atoms with Crippen LogP contribution in [-0.4, -0.2) is 6.61 Å². The highest BCUT2D eigenvalue weighted by molar-refractivity contribution is 5.40. The van der Waals surface area contributed by atoms with Gasteiger partial charge in [-0.2, -0.15) is 0 Å². The summed E-state index contributed by atoms with van der Waals surface area (Å²) in [5, 5.41) is 0. The second kappa shape index (κ2) is 6.07. The molecule has 0 spiro atoms. The second-order valence-electron chi connectivity index (χ2n) is 3.82. The Morgan fingerprint density at radius 2 is 1.78 bits per heavy atom. The van der Waals surface area contributed by atoms with Crippen LogP contribution in [0.15, 0.2) is 48.5 Å². The first kappa shape index (κ1) is 12.5. The maximum atomic E-state index is 5.83. The van der Waals surface area contributed by atoms with E-state index in [9.17, 15) is 0 Å². The van der Waals surface area contributed by atoms with Crippen molar-refractivity contribution in [3.05, 3.63) is 54.1 Å². The van der Waals surface area contributed by atoms with Gasteiger partial charge in [0, 0.05) is 18.2 Å². The van der Waals surface area contributed by atoms with E-state index in [0.29, 0.717) is 13.2 Å². The minimum Gasteiger partial charge on any atom is -0.494 e. The topological polar surface area (TPSA) is 44.5 Å². The van der Waals surface area contributed by atoms with Crippen molar-refractivity contribution in [3.8, 4) is 17.2 Å². The molecule has 0 aliphatic rings. The Hall–Kier alpha value is -2.00. The van der Waals surface area contributed by atoms with Gasteiger partial charge in [0.15, 0.2) is 0 Å². The molecule has 0 aliphatic heterocycles. The maximum Gasteiger partial charge on any atom is 0.131 e. The first-order valence-electron chi connectivity index (χ1n) is 6.02. The Labute approximate surface area is 107 Å². The van der Waals surface area contributed by atoms with E-state index in [2.05, 4.69) is 0 Å². The van der Waals surface area contributed by atoms with Crippen LogP contribution in [-0.2, 0) is 6.54 Å². The zero-order valence-electron chi connectivity index (χ0n) is 10.4. The lowest BCUT2D eigenvalue weighted by atomic mass is 10.2. The average molecular weight is 243 g/mol. The molecule has 0 aliphatic carbocycles. The van der Waals surface area contributed by atoms with Gasteiger partial charge in [0.05, 0.1) is 6.61 Å². The van der Waals surface area contributed by atoms with Crippen LogP contribution < -0.4 is 15.2 Å². The summed E-state index contributed by atoms with van der Waals surface area (Å²) in [4.78, 5) is 0. The van der Waals surface area contributed by atoms with Gasteiger partial charge in [0.1, 0.15) is 17.2 Å². The van der Waals surface area contributed by atoms with Crippen molar-refractivity contribution >= 4 is 0 Å². The predicted molar refractivity (Wildman–Crippen MR) is 72.0 cm³/mol. The molecule has 0 radical (unpaired) electrons. The third-order valence-corrected chi connectivity index (χ3v) is 2.54. The highest BCUT2D eigenvalue weighted by atomic mass is 16.5. The summed E-state index contributed by atoms with van der Waals surface area (Å²) in [6, 6.07) is 15.3. The molecule has 2 rings (SSSR count). The van der Waals surface area contributed by atoms with E-state index in [1.165, 1.54) is 0 Å². The molecule has 2 N–H and O–H groups in total. The van der Waals surface area contributed by atoms with Crippen molar-refractivity contribution < 1.29 is 9.47 Å². The van der Waals surface area contributed by atoms with Crippen LogP contribution in [0.2, 0.25) is 0 Å². The first-order chi connectivity index (χ1) is 8.83. The van der Waals surface area contributed by atoms with Crippen molar-refractivity contribution in [1.82, 2.24) is 0 Å². The van der Waals surface area contributed by atoms with Crippen molar-refractivity contribution in [2.75, 3.05) is 6.61 Å². The molecule has 3 nitrogen and oxygen atoms in total. The van der Waals surface area contributed by atoms with Gasteiger partial charge in [-0.1, -0.05) is 24.3 Å². The molecule has 2 aromatic carbocycles. The van der Waals surface area contributed by atoms with Crippen LogP contribution in [0.25, 0.3) is 0 Å². The summed E-state index contributed by atoms with van der Waals surface area (Å²) in [5.74, 6) is 2.34. The lowest BCUT2D eigenvalue weighted by Crippen LogP contribution is -1.99. The molecule has 0 amide bonds. The maximum absolute atomic E-state index is 5.83. The molecule has 18 heavy (non-hydrogen) atoms. The van der Waals surface area contributed by atoms with Crippen molar-refractivity contribution in [1.29, 1.82) is 0 Å². The molecule has 0 aromatic heterocycles. The molecule has 0 saturated carbocycles. The summed E-state index contributed by atoms with van der Waals surface area (Å²) in [5.41, 5.74) is 6.66. The minimum absolute atomic E-state index is 0.460. The molecule has 3 heteroatoms. The number of nitrogens with two attached hydrogens (primary N) is 1. The summed E-state index contributed by atoms with van der Waals surface area (Å²) < 4.78 is 11.3. The van der Waals surface area contributed by atoms with Gasteiger partial charge < -0.3 is 15.2 Å². The minimum atomic E-state index is 0.460. The fourth-order valence-corrected chi connectivity index (χ4v) is 1.69. The zero-order chi connectivity index (χ0) is 12.8. The monoisotopic (exact) mass is 243 g/mol. The zero-order valence-corrected chi connectivity index (χ0v) is 10.4. The fourth-order valence-electron chi connectivity index (χ4n) is 1.69. The Bertz CT molecular complexity index is 511. The van der Waals surface area contributed by atoms with Crippen LogP contribution in [0.3, 0.4) is 0 Å². The Balaban J connectivity index is 2.20. The van der Waals surface area contributed by atoms with Gasteiger partial charge >= 0.3 is 0 Å². The number of hydrogen-bond donors (Lipinski definition) is 1. The van der Waals surface area contributed by atoms with Crippen LogP contribution in [0.4, 0.5) is 0 Å². The van der Waals surface area contributed by atoms with Crippen molar-refractivity contribution in [3.63, 3.8) is 0 Å². The van der Waals surface area contributed by atoms with Crippen molar-refractivity contribution in [2.45, 2.75) is 13.5 Å². The van der Waals surface area contributed by atoms with Gasteiger partial charge in [-0.25, -0.2) is 0 Å². The Kier molecular flexibility index (Phi) is 4.20. The normalized spacial score (nSPS) is 10.1. The standard InChI is InChI=1S/C15H17NO2/c1-2-17-13-7-5-8-14(10-13)18-15-9-4-3-6-12(15)11-16/h3-10H,2,11,16H2,1H3. The van der Waals surface area contributed by atoms with E-state index in [0.717, 1.165) is 22.8 Å². The smallest absolute Gasteiger partial charge is 0.131 e. The van der Waals surface area contributed by atoms with E-state index < -0.39 is 0 Å². The number of benzene rings is 2. The lowest BCUT2D eigenvalue weighted by molar-refractivity contribution is 0.338. The molecule has 0 atom stereocenters. The largest absolute Gasteiger partial charge is 0.494 e. The van der Waals surface area contributed by atoms with E-state index in [1.807, 2.05) is 55.5 Å². The molecular formula is C15H17NO2. The van der Waals surface area contributed by atoms with Crippen LogP contribution >= 0.6 is 0 Å². The molecule has 0 fully saturated rings. The molecule has 94 valence electrons. The number of hydrogen-bond acceptors (Lipinski definition) is 3. The Morgan fingerprint density at radius 3 is 2.56 bits per heavy atom. The van der Waals surface area contributed by atoms with E-state index in [1.54, 1.807) is 0 Å². The molecule has 0 saturated heterocycles. The highest BCUT2D eigenvalue weighted by Crippen LogP contribution is 2.27. The van der Waals surface area contributed by atoms with Gasteiger partial charge in [-0.15, -0.1) is 0 Å². The molecule has 0 unspecified atom stereocenters. The van der Waals surface area contributed by atoms with E-state index >= 15 is 0 Å². The predicted octanol–water partition coefficient (Wildman–Crippen LogP) is 3.34. The lowest BCUT2D eigenvalue weighted by Gasteiger charge is -2.11. The van der Waals surface area contributed by atoms with Gasteiger partial charge in [0.25, 0.3) is 0 Å². The average Bonchev–Trinajstić information content (AvgIpc) is 2.40. The number of para-hydroxylation sites is 1. The van der Waals surface area contributed by atoms with Gasteiger partial charge in [0.2, 0.25) is 0 Å². The fraction of sp³-hybridized carbons (Fsp3) is 0.200. The second-order valence-corrected chi connectivity index (χ2v) is 3.82. The molecule has 0 heterocycles. The third kappa shape index (κ3) is 3.02. The quantitative estimate of drug-likeness (QED) is 0.876. The van der Waals surface area contributed by atoms with Gasteiger partial charge in [-0.3, -0.25) is 0 Å². The molecule has 0 bridgehead atoms. The first-order valence-corrected chi connectivity index (χ1v) is 6.02.